The molecular weight excluding hydrogens is 100 g/mol. The van der Waals surface area contributed by atoms with E-state index in [2.05, 4.69) is 6.08 Å². The van der Waals surface area contributed by atoms with Gasteiger partial charge >= 0.3 is 0 Å². The van der Waals surface area contributed by atoms with Crippen LogP contribution in [-0.4, -0.2) is 6.29 Å². The van der Waals surface area contributed by atoms with E-state index in [1.165, 1.54) is 0 Å². The van der Waals surface area contributed by atoms with Crippen LogP contribution in [0.1, 0.15) is 26.2 Å². The Morgan fingerprint density at radius 2 is 2.12 bits per heavy atom. The highest BCUT2D eigenvalue weighted by atomic mass is 16.1. The van der Waals surface area contributed by atoms with E-state index >= 15 is 0 Å². The molecule has 0 aliphatic rings. The summed E-state index contributed by atoms with van der Waals surface area (Å²) in [5, 5.41) is 0. The van der Waals surface area contributed by atoms with E-state index in [0.29, 0.717) is 6.42 Å². The standard InChI is InChI=1S/C7H12O/c1-2-3-4-5-6-7-8/h2-3,7H,4-6H2,1H3/b3-2-. The van der Waals surface area contributed by atoms with Crippen molar-refractivity contribution < 1.29 is 4.79 Å². The quantitative estimate of drug-likeness (QED) is 0.308. The van der Waals surface area contributed by atoms with Crippen LogP contribution in [0.5, 0.6) is 0 Å². The van der Waals surface area contributed by atoms with Gasteiger partial charge in [-0.05, 0) is 19.8 Å². The van der Waals surface area contributed by atoms with Gasteiger partial charge in [0.1, 0.15) is 6.29 Å². The molecule has 0 spiro atoms. The third-order valence-electron chi connectivity index (χ3n) is 0.928. The van der Waals surface area contributed by atoms with Crippen molar-refractivity contribution in [1.29, 1.82) is 0 Å². The number of unbranched alkanes of at least 4 members (excludes halogenated alkanes) is 2. The molecule has 0 aromatic rings. The van der Waals surface area contributed by atoms with Gasteiger partial charge in [-0.2, -0.15) is 0 Å². The van der Waals surface area contributed by atoms with Gasteiger partial charge in [0.05, 0.1) is 0 Å². The van der Waals surface area contributed by atoms with Crippen molar-refractivity contribution in [1.82, 2.24) is 0 Å². The maximum absolute atomic E-state index is 9.74. The minimum atomic E-state index is 0.699. The summed E-state index contributed by atoms with van der Waals surface area (Å²) in [6.07, 6.45) is 7.77. The predicted octanol–water partition coefficient (Wildman–Crippen LogP) is 1.93. The molecule has 0 unspecified atom stereocenters. The molecule has 0 saturated heterocycles. The van der Waals surface area contributed by atoms with Crippen molar-refractivity contribution in [2.24, 2.45) is 0 Å². The first-order chi connectivity index (χ1) is 3.91. The molecule has 0 amide bonds. The zero-order valence-electron chi connectivity index (χ0n) is 5.26. The van der Waals surface area contributed by atoms with E-state index < -0.39 is 0 Å². The van der Waals surface area contributed by atoms with Crippen molar-refractivity contribution >= 4 is 6.29 Å². The summed E-state index contributed by atoms with van der Waals surface area (Å²) in [4.78, 5) is 9.74. The molecule has 0 atom stereocenters. The van der Waals surface area contributed by atoms with Crippen molar-refractivity contribution in [3.8, 4) is 0 Å². The number of rotatable bonds is 4. The fourth-order valence-electron chi connectivity index (χ4n) is 0.486. The highest BCUT2D eigenvalue weighted by Crippen LogP contribution is 1.92. The maximum atomic E-state index is 9.74. The highest BCUT2D eigenvalue weighted by Gasteiger charge is 1.78. The van der Waals surface area contributed by atoms with Crippen LogP contribution in [0, 0.1) is 0 Å². The number of carbonyl (C=O) groups is 1. The lowest BCUT2D eigenvalue weighted by molar-refractivity contribution is -0.107. The summed E-state index contributed by atoms with van der Waals surface area (Å²) in [6.45, 7) is 1.99. The number of hydrogen-bond donors (Lipinski definition) is 0. The smallest absolute Gasteiger partial charge is 0.120 e. The van der Waals surface area contributed by atoms with Gasteiger partial charge in [0.15, 0.2) is 0 Å². The summed E-state index contributed by atoms with van der Waals surface area (Å²) in [6, 6.07) is 0. The van der Waals surface area contributed by atoms with Crippen LogP contribution < -0.4 is 0 Å². The van der Waals surface area contributed by atoms with Crippen molar-refractivity contribution in [2.75, 3.05) is 0 Å². The van der Waals surface area contributed by atoms with Crippen LogP contribution in [0.25, 0.3) is 0 Å². The first-order valence-corrected chi connectivity index (χ1v) is 2.96. The van der Waals surface area contributed by atoms with E-state index in [1.54, 1.807) is 0 Å². The molecule has 0 rings (SSSR count). The third-order valence-corrected chi connectivity index (χ3v) is 0.928. The first kappa shape index (κ1) is 7.41. The van der Waals surface area contributed by atoms with Crippen LogP contribution in [0.4, 0.5) is 0 Å². The highest BCUT2D eigenvalue weighted by molar-refractivity contribution is 5.48. The first-order valence-electron chi connectivity index (χ1n) is 2.96. The predicted molar refractivity (Wildman–Crippen MR) is 34.7 cm³/mol. The Hall–Kier alpha value is -0.590. The van der Waals surface area contributed by atoms with Crippen LogP contribution in [0.15, 0.2) is 12.2 Å². The van der Waals surface area contributed by atoms with Crippen LogP contribution in [-0.2, 0) is 4.79 Å². The zero-order chi connectivity index (χ0) is 6.24. The lowest BCUT2D eigenvalue weighted by Crippen LogP contribution is -1.72. The Morgan fingerprint density at radius 3 is 2.62 bits per heavy atom. The van der Waals surface area contributed by atoms with Gasteiger partial charge in [-0.25, -0.2) is 0 Å². The number of hydrogen-bond acceptors (Lipinski definition) is 1. The van der Waals surface area contributed by atoms with E-state index in [0.717, 1.165) is 19.1 Å². The van der Waals surface area contributed by atoms with Gasteiger partial charge in [-0.15, -0.1) is 0 Å². The van der Waals surface area contributed by atoms with E-state index in [9.17, 15) is 4.79 Å². The molecule has 8 heavy (non-hydrogen) atoms. The molecule has 0 aliphatic heterocycles. The second-order valence-electron chi connectivity index (χ2n) is 1.67. The minimum Gasteiger partial charge on any atom is -0.303 e. The second kappa shape index (κ2) is 6.41. The average molecular weight is 112 g/mol. The molecule has 0 saturated carbocycles. The van der Waals surface area contributed by atoms with E-state index in [1.807, 2.05) is 13.0 Å². The lowest BCUT2D eigenvalue weighted by Gasteiger charge is -1.83. The van der Waals surface area contributed by atoms with E-state index in [-0.39, 0.29) is 0 Å². The lowest BCUT2D eigenvalue weighted by atomic mass is 10.2. The molecular formula is C7H12O. The molecule has 0 aromatic carbocycles. The fourth-order valence-corrected chi connectivity index (χ4v) is 0.486. The summed E-state index contributed by atoms with van der Waals surface area (Å²) < 4.78 is 0. The molecule has 0 fully saturated rings. The SMILES string of the molecule is C/C=C\CCCC=O. The Labute approximate surface area is 50.4 Å². The Morgan fingerprint density at radius 1 is 1.38 bits per heavy atom. The zero-order valence-corrected chi connectivity index (χ0v) is 5.26. The molecule has 1 nitrogen and oxygen atoms in total. The van der Waals surface area contributed by atoms with Crippen LogP contribution in [0.2, 0.25) is 0 Å². The normalized spacial score (nSPS) is 10.1. The van der Waals surface area contributed by atoms with Crippen molar-refractivity contribution in [3.05, 3.63) is 12.2 Å². The Bertz CT molecular complexity index is 74.5. The second-order valence-corrected chi connectivity index (χ2v) is 1.67. The molecule has 0 aliphatic carbocycles. The molecule has 1 heteroatoms. The number of carbonyl (C=O) groups excluding carboxylic acids is 1. The number of aldehydes is 1. The third kappa shape index (κ3) is 5.41. The van der Waals surface area contributed by atoms with E-state index in [4.69, 9.17) is 0 Å². The van der Waals surface area contributed by atoms with Crippen molar-refractivity contribution in [2.45, 2.75) is 26.2 Å². The van der Waals surface area contributed by atoms with Gasteiger partial charge < -0.3 is 4.79 Å². The summed E-state index contributed by atoms with van der Waals surface area (Å²) in [7, 11) is 0. The molecule has 0 radical (unpaired) electrons. The largest absolute Gasteiger partial charge is 0.303 e. The number of allylic oxidation sites excluding steroid dienone is 2. The Balaban J connectivity index is 2.82. The van der Waals surface area contributed by atoms with Crippen LogP contribution in [0.3, 0.4) is 0 Å². The molecule has 0 heterocycles. The van der Waals surface area contributed by atoms with Gasteiger partial charge in [0.25, 0.3) is 0 Å². The molecule has 0 bridgehead atoms. The van der Waals surface area contributed by atoms with Gasteiger partial charge in [0, 0.05) is 6.42 Å². The Kier molecular flexibility index (Phi) is 5.94. The van der Waals surface area contributed by atoms with Gasteiger partial charge in [-0.1, -0.05) is 12.2 Å². The average Bonchev–Trinajstić information content (AvgIpc) is 1.81. The summed E-state index contributed by atoms with van der Waals surface area (Å²) in [5.41, 5.74) is 0. The maximum Gasteiger partial charge on any atom is 0.120 e. The van der Waals surface area contributed by atoms with Crippen molar-refractivity contribution in [3.63, 3.8) is 0 Å². The monoisotopic (exact) mass is 112 g/mol. The summed E-state index contributed by atoms with van der Waals surface area (Å²) >= 11 is 0. The fraction of sp³-hybridized carbons (Fsp3) is 0.571. The van der Waals surface area contributed by atoms with Gasteiger partial charge in [0.2, 0.25) is 0 Å². The minimum absolute atomic E-state index is 0.699. The van der Waals surface area contributed by atoms with Crippen LogP contribution >= 0.6 is 0 Å². The molecule has 46 valence electrons. The summed E-state index contributed by atoms with van der Waals surface area (Å²) in [5.74, 6) is 0. The topological polar surface area (TPSA) is 17.1 Å². The molecule has 0 aromatic heterocycles. The van der Waals surface area contributed by atoms with Gasteiger partial charge in [-0.3, -0.25) is 0 Å². The molecule has 0 N–H and O–H groups in total.